The number of fused-ring (bicyclic) bond motifs is 1. The Morgan fingerprint density at radius 3 is 2.20 bits per heavy atom. The van der Waals surface area contributed by atoms with E-state index < -0.39 is 96.4 Å². The number of ether oxygens (including phenoxy) is 5. The molecule has 9 N–H and O–H groups in total. The summed E-state index contributed by atoms with van der Waals surface area (Å²) in [7, 11) is 1.32. The van der Waals surface area contributed by atoms with Crippen molar-refractivity contribution in [3.63, 3.8) is 0 Å². The molecule has 0 amide bonds. The Labute approximate surface area is 248 Å². The zero-order valence-corrected chi connectivity index (χ0v) is 23.3. The lowest BCUT2D eigenvalue weighted by Crippen LogP contribution is -2.64. The van der Waals surface area contributed by atoms with Gasteiger partial charge in [-0.2, -0.15) is 0 Å². The van der Waals surface area contributed by atoms with Crippen LogP contribution in [-0.2, 0) is 14.2 Å². The molecule has 240 valence electrons. The van der Waals surface area contributed by atoms with Crippen LogP contribution in [0.1, 0.15) is 6.92 Å². The average Bonchev–Trinajstić information content (AvgIpc) is 3.00. The molecule has 16 nitrogen and oxygen atoms in total. The second-order valence-electron chi connectivity index (χ2n) is 10.4. The molecule has 0 aliphatic carbocycles. The highest BCUT2D eigenvalue weighted by molar-refractivity contribution is 5.88. The number of benzene rings is 2. The molecule has 2 aromatic carbocycles. The lowest BCUT2D eigenvalue weighted by molar-refractivity contribution is -0.354. The second kappa shape index (κ2) is 12.4. The maximum absolute atomic E-state index is 13.9. The third-order valence-electron chi connectivity index (χ3n) is 7.54. The third kappa shape index (κ3) is 5.63. The van der Waals surface area contributed by atoms with Crippen molar-refractivity contribution in [3.05, 3.63) is 40.6 Å². The van der Waals surface area contributed by atoms with Gasteiger partial charge in [-0.25, -0.2) is 0 Å². The Bertz CT molecular complexity index is 1560. The molecule has 0 saturated carbocycles. The smallest absolute Gasteiger partial charge is 0.239 e. The van der Waals surface area contributed by atoms with Crippen molar-refractivity contribution in [3.8, 4) is 40.1 Å². The highest BCUT2D eigenvalue weighted by atomic mass is 16.8. The van der Waals surface area contributed by atoms with E-state index in [1.165, 1.54) is 26.2 Å². The van der Waals surface area contributed by atoms with E-state index in [9.17, 15) is 50.8 Å². The molecule has 0 radical (unpaired) electrons. The van der Waals surface area contributed by atoms with Gasteiger partial charge >= 0.3 is 0 Å². The average molecular weight is 625 g/mol. The van der Waals surface area contributed by atoms with Crippen LogP contribution in [0.2, 0.25) is 0 Å². The van der Waals surface area contributed by atoms with Gasteiger partial charge in [0.15, 0.2) is 29.7 Å². The topological polar surface area (TPSA) is 258 Å². The Kier molecular flexibility index (Phi) is 8.90. The van der Waals surface area contributed by atoms with E-state index in [4.69, 9.17) is 28.1 Å². The summed E-state index contributed by atoms with van der Waals surface area (Å²) in [5.74, 6) is -2.51. The summed E-state index contributed by atoms with van der Waals surface area (Å²) in [4.78, 5) is 13.9. The predicted octanol–water partition coefficient (Wildman–Crippen LogP) is -1.38. The lowest BCUT2D eigenvalue weighted by Gasteiger charge is -2.45. The number of aromatic hydroxyl groups is 3. The highest BCUT2D eigenvalue weighted by Gasteiger charge is 2.51. The third-order valence-corrected chi connectivity index (χ3v) is 7.54. The fourth-order valence-electron chi connectivity index (χ4n) is 5.03. The van der Waals surface area contributed by atoms with Gasteiger partial charge in [-0.15, -0.1) is 0 Å². The zero-order chi connectivity index (χ0) is 32.0. The Morgan fingerprint density at radius 1 is 0.818 bits per heavy atom. The second-order valence-corrected chi connectivity index (χ2v) is 10.4. The van der Waals surface area contributed by atoms with Gasteiger partial charge in [0, 0.05) is 17.7 Å². The van der Waals surface area contributed by atoms with Gasteiger partial charge in [0.2, 0.25) is 17.5 Å². The molecule has 5 rings (SSSR count). The maximum atomic E-state index is 13.9. The number of rotatable bonds is 7. The van der Waals surface area contributed by atoms with Crippen LogP contribution in [0, 0.1) is 0 Å². The highest BCUT2D eigenvalue weighted by Crippen LogP contribution is 2.40. The number of aliphatic hydroxyl groups excluding tert-OH is 6. The molecule has 3 aromatic rings. The lowest BCUT2D eigenvalue weighted by atomic mass is 9.97. The molecule has 2 saturated heterocycles. The summed E-state index contributed by atoms with van der Waals surface area (Å²) in [5.41, 5.74) is -1.14. The van der Waals surface area contributed by atoms with E-state index in [-0.39, 0.29) is 28.0 Å². The van der Waals surface area contributed by atoms with E-state index in [0.717, 1.165) is 18.2 Å². The quantitative estimate of drug-likeness (QED) is 0.137. The zero-order valence-electron chi connectivity index (χ0n) is 23.3. The SMILES string of the molecule is COc1cc(O)c2c(=O)c(O[C@@H]3O[C@H](CO)[C@H](O)[C@H](O)[C@@H]3O[C@@H]3O[C@H](C)[C@H](O)[C@@H](O)[C@H]3O)c(-c3ccc(O)c(O)c3)oc2c1. The first-order valence-electron chi connectivity index (χ1n) is 13.4. The molecular weight excluding hydrogens is 592 g/mol. The molecule has 0 unspecified atom stereocenters. The molecule has 2 aliphatic rings. The molecular formula is C28H32O16. The molecule has 3 heterocycles. The van der Waals surface area contributed by atoms with Crippen LogP contribution in [0.15, 0.2) is 39.5 Å². The number of phenols is 3. The first-order valence-corrected chi connectivity index (χ1v) is 13.4. The number of aliphatic hydroxyl groups is 6. The molecule has 0 bridgehead atoms. The van der Waals surface area contributed by atoms with Crippen molar-refractivity contribution >= 4 is 11.0 Å². The minimum atomic E-state index is -1.90. The van der Waals surface area contributed by atoms with Gasteiger partial charge in [0.1, 0.15) is 59.1 Å². The number of hydrogen-bond acceptors (Lipinski definition) is 16. The fourth-order valence-corrected chi connectivity index (χ4v) is 5.03. The van der Waals surface area contributed by atoms with Crippen LogP contribution in [0.25, 0.3) is 22.3 Å². The maximum Gasteiger partial charge on any atom is 0.239 e. The van der Waals surface area contributed by atoms with Crippen molar-refractivity contribution in [1.29, 1.82) is 0 Å². The van der Waals surface area contributed by atoms with Gasteiger partial charge in [0.05, 0.1) is 19.8 Å². The fraction of sp³-hybridized carbons (Fsp3) is 0.464. The van der Waals surface area contributed by atoms with E-state index in [1.54, 1.807) is 0 Å². The van der Waals surface area contributed by atoms with Crippen LogP contribution in [0.5, 0.6) is 28.7 Å². The molecule has 1 aromatic heterocycles. The summed E-state index contributed by atoms with van der Waals surface area (Å²) < 4.78 is 33.7. The Balaban J connectivity index is 1.63. The van der Waals surface area contributed by atoms with Crippen molar-refractivity contribution in [1.82, 2.24) is 0 Å². The van der Waals surface area contributed by atoms with Gasteiger partial charge in [-0.05, 0) is 25.1 Å². The standard InChI is InChI=1S/C28H32O16/c1-9-18(33)21(36)23(38)27(40-9)44-26-22(37)19(34)16(8-29)42-28(26)43-25-20(35)17-14(32)6-11(39-2)7-15(17)41-24(25)10-3-4-12(30)13(31)5-10/h3-7,9,16,18-19,21-23,26-34,36-38H,8H2,1-2H3/t9-,16-,18+,19+,21-,22+,23-,26+,27+,28+/m1/s1. The van der Waals surface area contributed by atoms with Crippen molar-refractivity contribution in [2.75, 3.05) is 13.7 Å². The Hall–Kier alpha value is -3.71. The summed E-state index contributed by atoms with van der Waals surface area (Å²) >= 11 is 0. The number of phenolic OH excluding ortho intramolecular Hbond substituents is 3. The first kappa shape index (κ1) is 31.7. The van der Waals surface area contributed by atoms with E-state index >= 15 is 0 Å². The van der Waals surface area contributed by atoms with Crippen molar-refractivity contribution in [2.45, 2.75) is 68.3 Å². The van der Waals surface area contributed by atoms with Crippen LogP contribution in [0.3, 0.4) is 0 Å². The largest absolute Gasteiger partial charge is 0.507 e. The normalized spacial score (nSPS) is 32.5. The summed E-state index contributed by atoms with van der Waals surface area (Å²) in [6.45, 7) is 0.566. The number of methoxy groups -OCH3 is 1. The Morgan fingerprint density at radius 2 is 1.55 bits per heavy atom. The van der Waals surface area contributed by atoms with Crippen LogP contribution < -0.4 is 14.9 Å². The molecule has 16 heteroatoms. The number of hydrogen-bond donors (Lipinski definition) is 9. The molecule has 0 spiro atoms. The minimum absolute atomic E-state index is 0.00106. The minimum Gasteiger partial charge on any atom is -0.507 e. The van der Waals surface area contributed by atoms with E-state index in [2.05, 4.69) is 0 Å². The van der Waals surface area contributed by atoms with Gasteiger partial charge in [0.25, 0.3) is 0 Å². The van der Waals surface area contributed by atoms with Crippen molar-refractivity contribution in [2.24, 2.45) is 0 Å². The summed E-state index contributed by atoms with van der Waals surface area (Å²) in [6, 6.07) is 5.88. The molecule has 2 aliphatic heterocycles. The molecule has 2 fully saturated rings. The van der Waals surface area contributed by atoms with Crippen LogP contribution in [-0.4, -0.2) is 121 Å². The predicted molar refractivity (Wildman–Crippen MR) is 145 cm³/mol. The van der Waals surface area contributed by atoms with Crippen LogP contribution >= 0.6 is 0 Å². The van der Waals surface area contributed by atoms with E-state index in [1.807, 2.05) is 0 Å². The summed E-state index contributed by atoms with van der Waals surface area (Å²) in [5, 5.41) is 92.3. The van der Waals surface area contributed by atoms with Crippen molar-refractivity contribution < 1.29 is 74.1 Å². The first-order chi connectivity index (χ1) is 20.9. The van der Waals surface area contributed by atoms with Gasteiger partial charge in [-0.3, -0.25) is 4.79 Å². The summed E-state index contributed by atoms with van der Waals surface area (Å²) in [6.07, 6.45) is -16.5. The molecule has 44 heavy (non-hydrogen) atoms. The molecule has 10 atom stereocenters. The van der Waals surface area contributed by atoms with Gasteiger partial charge < -0.3 is 74.1 Å². The van der Waals surface area contributed by atoms with E-state index in [0.29, 0.717) is 0 Å². The van der Waals surface area contributed by atoms with Crippen LogP contribution in [0.4, 0.5) is 0 Å². The monoisotopic (exact) mass is 624 g/mol. The van der Waals surface area contributed by atoms with Gasteiger partial charge in [-0.1, -0.05) is 0 Å².